The number of carbonyl (C=O) groups is 1. The Kier molecular flexibility index (Phi) is 4.95. The van der Waals surface area contributed by atoms with E-state index in [1.54, 1.807) is 12.1 Å². The maximum atomic E-state index is 12.1. The van der Waals surface area contributed by atoms with Crippen molar-refractivity contribution in [1.29, 1.82) is 0 Å². The molecule has 0 fully saturated rings. The first-order valence-electron chi connectivity index (χ1n) is 5.08. The molecule has 0 aliphatic rings. The molecule has 5 nitrogen and oxygen atoms in total. The van der Waals surface area contributed by atoms with E-state index in [0.29, 0.717) is 19.5 Å². The van der Waals surface area contributed by atoms with Crippen molar-refractivity contribution in [2.75, 3.05) is 5.32 Å². The topological polar surface area (TPSA) is 72.2 Å². The van der Waals surface area contributed by atoms with Gasteiger partial charge in [-0.3, -0.25) is 14.9 Å². The molecular weight excluding hydrogens is 480 g/mol. The van der Waals surface area contributed by atoms with Gasteiger partial charge in [0.25, 0.3) is 11.6 Å². The quantitative estimate of drug-likeness (QED) is 0.481. The fourth-order valence-electron chi connectivity index (χ4n) is 1.42. The molecule has 1 amide bonds. The smallest absolute Gasteiger partial charge is 0.285 e. The van der Waals surface area contributed by atoms with Gasteiger partial charge >= 0.3 is 0 Å². The van der Waals surface area contributed by atoms with Gasteiger partial charge in [0.2, 0.25) is 0 Å². The molecule has 2 rings (SSSR count). The van der Waals surface area contributed by atoms with Crippen LogP contribution in [-0.4, -0.2) is 10.8 Å². The Balaban J connectivity index is 2.26. The van der Waals surface area contributed by atoms with Crippen LogP contribution >= 0.6 is 59.1 Å². The van der Waals surface area contributed by atoms with Crippen LogP contribution in [0.5, 0.6) is 0 Å². The average Bonchev–Trinajstić information content (AvgIpc) is 2.70. The largest absolute Gasteiger partial charge is 0.322 e. The predicted molar refractivity (Wildman–Crippen MR) is 88.5 cm³/mol. The normalized spacial score (nSPS) is 10.3. The van der Waals surface area contributed by atoms with Crippen molar-refractivity contribution in [3.05, 3.63) is 52.0 Å². The Bertz CT molecular complexity index is 702. The molecule has 0 atom stereocenters. The third-order valence-electron chi connectivity index (χ3n) is 2.30. The van der Waals surface area contributed by atoms with E-state index in [4.69, 9.17) is 0 Å². The summed E-state index contributed by atoms with van der Waals surface area (Å²) in [6.45, 7) is 0. The highest BCUT2D eigenvalue weighted by Crippen LogP contribution is 2.33. The SMILES string of the molecule is O=C(Nc1ccc(Br)c([N+](=O)[O-])c1)c1cc(Br)sc1Br. The number of rotatable bonds is 3. The van der Waals surface area contributed by atoms with Crippen LogP contribution in [-0.2, 0) is 0 Å². The van der Waals surface area contributed by atoms with Crippen molar-refractivity contribution >= 4 is 76.4 Å². The van der Waals surface area contributed by atoms with Crippen LogP contribution in [0.3, 0.4) is 0 Å². The van der Waals surface area contributed by atoms with Crippen LogP contribution in [0.15, 0.2) is 36.3 Å². The third kappa shape index (κ3) is 3.46. The molecule has 1 aromatic carbocycles. The van der Waals surface area contributed by atoms with Crippen LogP contribution in [0.1, 0.15) is 10.4 Å². The molecule has 1 N–H and O–H groups in total. The molecule has 0 aliphatic carbocycles. The number of hydrogen-bond acceptors (Lipinski definition) is 4. The first-order chi connectivity index (χ1) is 9.38. The Morgan fingerprint density at radius 2 is 1.95 bits per heavy atom. The molecule has 0 saturated heterocycles. The lowest BCUT2D eigenvalue weighted by molar-refractivity contribution is -0.385. The van der Waals surface area contributed by atoms with Gasteiger partial charge in [-0.15, -0.1) is 11.3 Å². The maximum absolute atomic E-state index is 12.1. The van der Waals surface area contributed by atoms with E-state index in [-0.39, 0.29) is 11.6 Å². The minimum Gasteiger partial charge on any atom is -0.322 e. The van der Waals surface area contributed by atoms with E-state index in [0.717, 1.165) is 3.79 Å². The van der Waals surface area contributed by atoms with Gasteiger partial charge in [-0.05, 0) is 66.0 Å². The monoisotopic (exact) mass is 482 g/mol. The van der Waals surface area contributed by atoms with E-state index in [2.05, 4.69) is 53.1 Å². The first kappa shape index (κ1) is 15.6. The number of anilines is 1. The van der Waals surface area contributed by atoms with Crippen molar-refractivity contribution in [2.45, 2.75) is 0 Å². The summed E-state index contributed by atoms with van der Waals surface area (Å²) in [5.74, 6) is -0.338. The molecule has 0 unspecified atom stereocenters. The number of nitro benzene ring substituents is 1. The zero-order valence-electron chi connectivity index (χ0n) is 9.52. The van der Waals surface area contributed by atoms with Crippen LogP contribution in [0, 0.1) is 10.1 Å². The van der Waals surface area contributed by atoms with Gasteiger partial charge in [0.05, 0.1) is 22.5 Å². The number of nitrogens with one attached hydrogen (secondary N) is 1. The summed E-state index contributed by atoms with van der Waals surface area (Å²) in [5.41, 5.74) is 0.722. The van der Waals surface area contributed by atoms with Gasteiger partial charge in [-0.1, -0.05) is 0 Å². The van der Waals surface area contributed by atoms with Gasteiger partial charge in [-0.2, -0.15) is 0 Å². The number of amides is 1. The lowest BCUT2D eigenvalue weighted by Gasteiger charge is -2.05. The molecule has 9 heteroatoms. The zero-order chi connectivity index (χ0) is 14.9. The number of thiophene rings is 1. The zero-order valence-corrected chi connectivity index (χ0v) is 15.1. The highest BCUT2D eigenvalue weighted by molar-refractivity contribution is 9.12. The van der Waals surface area contributed by atoms with E-state index >= 15 is 0 Å². The Hall–Kier alpha value is -0.770. The van der Waals surface area contributed by atoms with Crippen LogP contribution in [0.25, 0.3) is 0 Å². The number of nitro groups is 1. The Morgan fingerprint density at radius 1 is 1.25 bits per heavy atom. The molecule has 0 bridgehead atoms. The van der Waals surface area contributed by atoms with Gasteiger partial charge < -0.3 is 5.32 Å². The molecule has 2 aromatic rings. The predicted octanol–water partition coefficient (Wildman–Crippen LogP) is 5.20. The summed E-state index contributed by atoms with van der Waals surface area (Å²) >= 11 is 11.0. The van der Waals surface area contributed by atoms with E-state index in [9.17, 15) is 14.9 Å². The number of halogens is 3. The number of carbonyl (C=O) groups excluding carboxylic acids is 1. The highest BCUT2D eigenvalue weighted by atomic mass is 79.9. The van der Waals surface area contributed by atoms with E-state index in [1.807, 2.05) is 0 Å². The molecule has 1 heterocycles. The van der Waals surface area contributed by atoms with E-state index < -0.39 is 4.92 Å². The van der Waals surface area contributed by atoms with Crippen molar-refractivity contribution in [2.24, 2.45) is 0 Å². The van der Waals surface area contributed by atoms with E-state index in [1.165, 1.54) is 23.5 Å². The van der Waals surface area contributed by atoms with Crippen molar-refractivity contribution in [3.63, 3.8) is 0 Å². The van der Waals surface area contributed by atoms with Crippen LogP contribution in [0.4, 0.5) is 11.4 Å². The summed E-state index contributed by atoms with van der Waals surface area (Å²) < 4.78 is 1.87. The Morgan fingerprint density at radius 3 is 2.50 bits per heavy atom. The minimum atomic E-state index is -0.517. The lowest BCUT2D eigenvalue weighted by atomic mass is 10.2. The van der Waals surface area contributed by atoms with Gasteiger partial charge in [0.15, 0.2) is 0 Å². The number of nitrogens with zero attached hydrogens (tertiary/aromatic N) is 1. The molecule has 1 aromatic heterocycles. The minimum absolute atomic E-state index is 0.103. The summed E-state index contributed by atoms with van der Waals surface area (Å²) in [4.78, 5) is 22.4. The molecule has 0 saturated carbocycles. The summed E-state index contributed by atoms with van der Waals surface area (Å²) in [5, 5.41) is 13.5. The van der Waals surface area contributed by atoms with Crippen molar-refractivity contribution in [3.8, 4) is 0 Å². The highest BCUT2D eigenvalue weighted by Gasteiger charge is 2.17. The van der Waals surface area contributed by atoms with Gasteiger partial charge in [0, 0.05) is 11.8 Å². The molecule has 0 spiro atoms. The first-order valence-corrected chi connectivity index (χ1v) is 8.28. The van der Waals surface area contributed by atoms with Crippen molar-refractivity contribution in [1.82, 2.24) is 0 Å². The van der Waals surface area contributed by atoms with Crippen molar-refractivity contribution < 1.29 is 9.72 Å². The molecule has 20 heavy (non-hydrogen) atoms. The summed E-state index contributed by atoms with van der Waals surface area (Å²) in [7, 11) is 0. The fraction of sp³-hybridized carbons (Fsp3) is 0. The third-order valence-corrected chi connectivity index (χ3v) is 5.31. The van der Waals surface area contributed by atoms with Gasteiger partial charge in [0.1, 0.15) is 0 Å². The van der Waals surface area contributed by atoms with Gasteiger partial charge in [-0.25, -0.2) is 0 Å². The molecule has 104 valence electrons. The second kappa shape index (κ2) is 6.33. The average molecular weight is 485 g/mol. The molecule has 0 aliphatic heterocycles. The summed E-state index contributed by atoms with van der Waals surface area (Å²) in [6.07, 6.45) is 0. The van der Waals surface area contributed by atoms with Crippen LogP contribution < -0.4 is 5.32 Å². The summed E-state index contributed by atoms with van der Waals surface area (Å²) in [6, 6.07) is 6.09. The Labute approximate surface area is 142 Å². The maximum Gasteiger partial charge on any atom is 0.285 e. The second-order valence-electron chi connectivity index (χ2n) is 3.62. The van der Waals surface area contributed by atoms with Crippen LogP contribution in [0.2, 0.25) is 0 Å². The molecule has 0 radical (unpaired) electrons. The second-order valence-corrected chi connectivity index (χ2v) is 8.22. The fourth-order valence-corrected chi connectivity index (χ4v) is 4.61. The number of hydrogen-bond donors (Lipinski definition) is 1. The number of benzene rings is 1. The lowest BCUT2D eigenvalue weighted by Crippen LogP contribution is -2.11. The standard InChI is InChI=1S/C11H5Br3N2O3S/c12-7-2-1-5(3-8(7)16(18)19)15-11(17)6-4-9(13)20-10(6)14/h1-4H,(H,15,17). The molecular formula is C11H5Br3N2O3S.